The molecule has 0 aliphatic carbocycles. The molecule has 0 spiro atoms. The number of aryl methyl sites for hydroxylation is 1. The van der Waals surface area contributed by atoms with Crippen LogP contribution in [-0.2, 0) is 11.3 Å². The van der Waals surface area contributed by atoms with Crippen LogP contribution in [-0.4, -0.2) is 12.1 Å². The molecule has 2 nitrogen and oxygen atoms in total. The highest BCUT2D eigenvalue weighted by molar-refractivity contribution is 5.85. The van der Waals surface area contributed by atoms with E-state index in [0.29, 0.717) is 28.9 Å². The van der Waals surface area contributed by atoms with E-state index in [1.165, 1.54) is 18.2 Å². The number of nitrogens with zero attached hydrogens (tertiary/aromatic N) is 1. The van der Waals surface area contributed by atoms with Crippen molar-refractivity contribution in [3.8, 4) is 22.4 Å². The second kappa shape index (κ2) is 7.49. The second-order valence-electron chi connectivity index (χ2n) is 6.81. The molecule has 28 heavy (non-hydrogen) atoms. The Labute approximate surface area is 162 Å². The van der Waals surface area contributed by atoms with Gasteiger partial charge in [0.15, 0.2) is 0 Å². The predicted octanol–water partition coefficient (Wildman–Crippen LogP) is 6.30. The zero-order valence-corrected chi connectivity index (χ0v) is 15.7. The summed E-state index contributed by atoms with van der Waals surface area (Å²) in [7, 11) is 1.63. The van der Waals surface area contributed by atoms with Gasteiger partial charge in [0, 0.05) is 23.6 Å². The standard InChI is InChI=1S/C24H19F2NO/c1-15-10-24(27-23-9-7-19(25)13-21(15)23)18-6-8-20(22(26)12-18)17-5-3-4-16(11-17)14-28-2/h3-13H,14H2,1-2H3. The minimum Gasteiger partial charge on any atom is -0.380 e. The number of aromatic nitrogens is 1. The van der Waals surface area contributed by atoms with Crippen LogP contribution >= 0.6 is 0 Å². The lowest BCUT2D eigenvalue weighted by molar-refractivity contribution is 0.185. The lowest BCUT2D eigenvalue weighted by Crippen LogP contribution is -1.93. The summed E-state index contributed by atoms with van der Waals surface area (Å²) in [6.07, 6.45) is 0. The summed E-state index contributed by atoms with van der Waals surface area (Å²) in [6.45, 7) is 2.38. The molecule has 3 aromatic carbocycles. The topological polar surface area (TPSA) is 22.1 Å². The first-order valence-electron chi connectivity index (χ1n) is 9.00. The van der Waals surface area contributed by atoms with E-state index in [2.05, 4.69) is 4.98 Å². The van der Waals surface area contributed by atoms with Crippen LogP contribution in [0.1, 0.15) is 11.1 Å². The quantitative estimate of drug-likeness (QED) is 0.417. The Morgan fingerprint density at radius 2 is 1.75 bits per heavy atom. The second-order valence-corrected chi connectivity index (χ2v) is 6.81. The molecule has 0 aliphatic heterocycles. The Kier molecular flexibility index (Phi) is 4.88. The molecule has 140 valence electrons. The zero-order valence-electron chi connectivity index (χ0n) is 15.7. The summed E-state index contributed by atoms with van der Waals surface area (Å²) in [4.78, 5) is 4.58. The smallest absolute Gasteiger partial charge is 0.131 e. The molecule has 0 aliphatic rings. The van der Waals surface area contributed by atoms with Crippen molar-refractivity contribution in [3.63, 3.8) is 0 Å². The van der Waals surface area contributed by atoms with Crippen molar-refractivity contribution in [1.29, 1.82) is 0 Å². The van der Waals surface area contributed by atoms with E-state index < -0.39 is 0 Å². The molecule has 0 atom stereocenters. The SMILES string of the molecule is COCc1cccc(-c2ccc(-c3cc(C)c4cc(F)ccc4n3)cc2F)c1. The molecule has 0 saturated heterocycles. The Morgan fingerprint density at radius 3 is 2.54 bits per heavy atom. The first-order chi connectivity index (χ1) is 13.5. The Bertz CT molecular complexity index is 1170. The van der Waals surface area contributed by atoms with E-state index in [1.54, 1.807) is 19.2 Å². The van der Waals surface area contributed by atoms with Crippen molar-refractivity contribution in [2.45, 2.75) is 13.5 Å². The van der Waals surface area contributed by atoms with Crippen LogP contribution in [0.3, 0.4) is 0 Å². The van der Waals surface area contributed by atoms with Gasteiger partial charge in [-0.3, -0.25) is 0 Å². The molecule has 0 amide bonds. The van der Waals surface area contributed by atoms with Crippen LogP contribution in [0.25, 0.3) is 33.3 Å². The summed E-state index contributed by atoms with van der Waals surface area (Å²) in [5.74, 6) is -0.609. The fourth-order valence-electron chi connectivity index (χ4n) is 3.42. The normalized spacial score (nSPS) is 11.1. The number of ether oxygens (including phenoxy) is 1. The minimum atomic E-state index is -0.314. The molecule has 0 radical (unpaired) electrons. The summed E-state index contributed by atoms with van der Waals surface area (Å²) in [5, 5.41) is 0.760. The predicted molar refractivity (Wildman–Crippen MR) is 108 cm³/mol. The first-order valence-corrected chi connectivity index (χ1v) is 9.00. The van der Waals surface area contributed by atoms with Gasteiger partial charge in [-0.2, -0.15) is 0 Å². The summed E-state index contributed by atoms with van der Waals surface area (Å²) in [6, 6.07) is 19.1. The largest absolute Gasteiger partial charge is 0.380 e. The van der Waals surface area contributed by atoms with E-state index in [9.17, 15) is 8.78 Å². The third-order valence-electron chi connectivity index (χ3n) is 4.79. The van der Waals surface area contributed by atoms with Gasteiger partial charge in [0.25, 0.3) is 0 Å². The highest BCUT2D eigenvalue weighted by Gasteiger charge is 2.11. The molecule has 0 N–H and O–H groups in total. The number of hydrogen-bond acceptors (Lipinski definition) is 2. The van der Waals surface area contributed by atoms with E-state index in [4.69, 9.17) is 4.74 Å². The maximum Gasteiger partial charge on any atom is 0.131 e. The average Bonchev–Trinajstić information content (AvgIpc) is 2.69. The van der Waals surface area contributed by atoms with E-state index in [0.717, 1.165) is 22.1 Å². The number of hydrogen-bond donors (Lipinski definition) is 0. The average molecular weight is 375 g/mol. The number of halogens is 2. The van der Waals surface area contributed by atoms with Crippen LogP contribution in [0.2, 0.25) is 0 Å². The number of benzene rings is 3. The van der Waals surface area contributed by atoms with Gasteiger partial charge in [-0.1, -0.05) is 30.3 Å². The fourth-order valence-corrected chi connectivity index (χ4v) is 3.42. The molecule has 0 bridgehead atoms. The third kappa shape index (κ3) is 3.51. The molecule has 0 saturated carbocycles. The van der Waals surface area contributed by atoms with Crippen molar-refractivity contribution in [2.24, 2.45) is 0 Å². The Morgan fingerprint density at radius 1 is 0.893 bits per heavy atom. The van der Waals surface area contributed by atoms with Gasteiger partial charge in [0.1, 0.15) is 11.6 Å². The van der Waals surface area contributed by atoms with E-state index >= 15 is 0 Å². The van der Waals surface area contributed by atoms with Gasteiger partial charge in [-0.05, 0) is 60.0 Å². The zero-order chi connectivity index (χ0) is 19.7. The summed E-state index contributed by atoms with van der Waals surface area (Å²) < 4.78 is 33.5. The van der Waals surface area contributed by atoms with Crippen LogP contribution in [0.4, 0.5) is 8.78 Å². The molecule has 0 fully saturated rings. The lowest BCUT2D eigenvalue weighted by atomic mass is 9.99. The van der Waals surface area contributed by atoms with Gasteiger partial charge in [0.05, 0.1) is 17.8 Å². The van der Waals surface area contributed by atoms with Gasteiger partial charge in [0.2, 0.25) is 0 Å². The fraction of sp³-hybridized carbons (Fsp3) is 0.125. The van der Waals surface area contributed by atoms with E-state index in [-0.39, 0.29) is 11.6 Å². The monoisotopic (exact) mass is 375 g/mol. The molecule has 1 aromatic heterocycles. The van der Waals surface area contributed by atoms with Gasteiger partial charge < -0.3 is 4.74 Å². The van der Waals surface area contributed by atoms with Crippen molar-refractivity contribution in [3.05, 3.63) is 89.5 Å². The molecule has 4 heteroatoms. The van der Waals surface area contributed by atoms with Gasteiger partial charge in [-0.15, -0.1) is 0 Å². The molecule has 4 aromatic rings. The first kappa shape index (κ1) is 18.3. The highest BCUT2D eigenvalue weighted by atomic mass is 19.1. The Balaban J connectivity index is 1.75. The number of pyridine rings is 1. The third-order valence-corrected chi connectivity index (χ3v) is 4.79. The Hall–Kier alpha value is -3.11. The van der Waals surface area contributed by atoms with Crippen LogP contribution in [0.15, 0.2) is 66.7 Å². The molecular formula is C24H19F2NO. The van der Waals surface area contributed by atoms with Crippen molar-refractivity contribution < 1.29 is 13.5 Å². The number of methoxy groups -OCH3 is 1. The maximum absolute atomic E-state index is 14.9. The van der Waals surface area contributed by atoms with Crippen molar-refractivity contribution >= 4 is 10.9 Å². The summed E-state index contributed by atoms with van der Waals surface area (Å²) in [5.41, 5.74) is 5.25. The molecule has 0 unspecified atom stereocenters. The van der Waals surface area contributed by atoms with Crippen molar-refractivity contribution in [2.75, 3.05) is 7.11 Å². The van der Waals surface area contributed by atoms with E-state index in [1.807, 2.05) is 43.3 Å². The highest BCUT2D eigenvalue weighted by Crippen LogP contribution is 2.30. The van der Waals surface area contributed by atoms with Crippen LogP contribution < -0.4 is 0 Å². The minimum absolute atomic E-state index is 0.295. The summed E-state index contributed by atoms with van der Waals surface area (Å²) >= 11 is 0. The van der Waals surface area contributed by atoms with Crippen LogP contribution in [0, 0.1) is 18.6 Å². The maximum atomic E-state index is 14.9. The number of fused-ring (bicyclic) bond motifs is 1. The van der Waals surface area contributed by atoms with Gasteiger partial charge >= 0.3 is 0 Å². The number of rotatable bonds is 4. The van der Waals surface area contributed by atoms with Crippen molar-refractivity contribution in [1.82, 2.24) is 4.98 Å². The lowest BCUT2D eigenvalue weighted by Gasteiger charge is -2.10. The van der Waals surface area contributed by atoms with Crippen LogP contribution in [0.5, 0.6) is 0 Å². The molecule has 1 heterocycles. The van der Waals surface area contributed by atoms with Gasteiger partial charge in [-0.25, -0.2) is 13.8 Å². The molecule has 4 rings (SSSR count). The molecular weight excluding hydrogens is 356 g/mol.